The Bertz CT molecular complexity index is 1280. The molecule has 2 aromatic heterocycles. The van der Waals surface area contributed by atoms with Gasteiger partial charge in [0.15, 0.2) is 11.3 Å². The van der Waals surface area contributed by atoms with Gasteiger partial charge in [-0.15, -0.1) is 0 Å². The standard InChI is InChI=1S/C26H33N5O4/c1-17-22-23(31(29-17)18-6-4-3-5-7-18)25(32)28-24(27-22)20-9-8-19(16-21(20)33-2)30-12-10-26(11-13-30)34-14-15-35-26/h8-9,16,18H,3-7,10-15H2,1-2H3,(H,27,28,32). The summed E-state index contributed by atoms with van der Waals surface area (Å²) in [6.07, 6.45) is 7.40. The van der Waals surface area contributed by atoms with Crippen LogP contribution in [0.5, 0.6) is 5.75 Å². The molecule has 0 amide bonds. The van der Waals surface area contributed by atoms with Crippen molar-refractivity contribution in [1.82, 2.24) is 19.7 Å². The normalized spacial score (nSPS) is 20.7. The first-order valence-electron chi connectivity index (χ1n) is 12.8. The van der Waals surface area contributed by atoms with Crippen LogP contribution in [-0.2, 0) is 9.47 Å². The van der Waals surface area contributed by atoms with E-state index in [4.69, 9.17) is 24.3 Å². The van der Waals surface area contributed by atoms with Gasteiger partial charge in [-0.1, -0.05) is 19.3 Å². The fraction of sp³-hybridized carbons (Fsp3) is 0.577. The minimum Gasteiger partial charge on any atom is -0.496 e. The van der Waals surface area contributed by atoms with Crippen LogP contribution in [0.3, 0.4) is 0 Å². The summed E-state index contributed by atoms with van der Waals surface area (Å²) in [5.74, 6) is 0.776. The molecule has 4 heterocycles. The van der Waals surface area contributed by atoms with E-state index in [0.717, 1.165) is 55.7 Å². The quantitative estimate of drug-likeness (QED) is 0.605. The highest BCUT2D eigenvalue weighted by molar-refractivity contribution is 5.80. The van der Waals surface area contributed by atoms with E-state index in [1.807, 2.05) is 23.7 Å². The molecule has 3 aromatic rings. The summed E-state index contributed by atoms with van der Waals surface area (Å²) >= 11 is 0. The lowest BCUT2D eigenvalue weighted by Crippen LogP contribution is -2.45. The van der Waals surface area contributed by atoms with Crippen molar-refractivity contribution < 1.29 is 14.2 Å². The Labute approximate surface area is 204 Å². The van der Waals surface area contributed by atoms with E-state index >= 15 is 0 Å². The fourth-order valence-electron chi connectivity index (χ4n) is 5.87. The number of rotatable bonds is 4. The number of benzene rings is 1. The molecule has 1 spiro atoms. The van der Waals surface area contributed by atoms with E-state index in [1.54, 1.807) is 7.11 Å². The molecular formula is C26H33N5O4. The Balaban J connectivity index is 1.31. The molecule has 0 bridgehead atoms. The molecule has 0 unspecified atom stereocenters. The van der Waals surface area contributed by atoms with E-state index < -0.39 is 5.79 Å². The van der Waals surface area contributed by atoms with Crippen molar-refractivity contribution in [2.24, 2.45) is 0 Å². The van der Waals surface area contributed by atoms with Gasteiger partial charge in [-0.05, 0) is 31.9 Å². The minimum atomic E-state index is -0.403. The van der Waals surface area contributed by atoms with Gasteiger partial charge in [0, 0.05) is 37.7 Å². The van der Waals surface area contributed by atoms with Crippen molar-refractivity contribution in [3.63, 3.8) is 0 Å². The van der Waals surface area contributed by atoms with Crippen LogP contribution >= 0.6 is 0 Å². The summed E-state index contributed by atoms with van der Waals surface area (Å²) in [6, 6.07) is 6.33. The molecule has 2 saturated heterocycles. The lowest BCUT2D eigenvalue weighted by Gasteiger charge is -2.38. The highest BCUT2D eigenvalue weighted by atomic mass is 16.7. The number of nitrogens with one attached hydrogen (secondary N) is 1. The first-order chi connectivity index (χ1) is 17.1. The highest BCUT2D eigenvalue weighted by Crippen LogP contribution is 2.37. The number of hydrogen-bond donors (Lipinski definition) is 1. The van der Waals surface area contributed by atoms with Crippen molar-refractivity contribution >= 4 is 16.7 Å². The average Bonchev–Trinajstić information content (AvgIpc) is 3.49. The molecule has 9 heteroatoms. The van der Waals surface area contributed by atoms with Gasteiger partial charge in [-0.2, -0.15) is 5.10 Å². The maximum absolute atomic E-state index is 13.3. The predicted molar refractivity (Wildman–Crippen MR) is 133 cm³/mol. The van der Waals surface area contributed by atoms with Crippen LogP contribution in [0.4, 0.5) is 5.69 Å². The lowest BCUT2D eigenvalue weighted by molar-refractivity contribution is -0.169. The number of aromatic amines is 1. The summed E-state index contributed by atoms with van der Waals surface area (Å²) in [6.45, 7) is 4.99. The second-order valence-corrected chi connectivity index (χ2v) is 9.91. The predicted octanol–water partition coefficient (Wildman–Crippen LogP) is 3.95. The lowest BCUT2D eigenvalue weighted by atomic mass is 9.95. The number of ether oxygens (including phenoxy) is 3. The number of aryl methyl sites for hydroxylation is 1. The number of aromatic nitrogens is 4. The molecule has 3 fully saturated rings. The summed E-state index contributed by atoms with van der Waals surface area (Å²) in [5.41, 5.74) is 3.71. The third-order valence-corrected chi connectivity index (χ3v) is 7.79. The summed E-state index contributed by atoms with van der Waals surface area (Å²) < 4.78 is 19.4. The van der Waals surface area contributed by atoms with Gasteiger partial charge in [-0.3, -0.25) is 9.48 Å². The van der Waals surface area contributed by atoms with Gasteiger partial charge in [0.05, 0.1) is 37.6 Å². The molecular weight excluding hydrogens is 446 g/mol. The van der Waals surface area contributed by atoms with Gasteiger partial charge in [0.1, 0.15) is 17.1 Å². The van der Waals surface area contributed by atoms with Crippen molar-refractivity contribution in [3.8, 4) is 17.1 Å². The summed E-state index contributed by atoms with van der Waals surface area (Å²) in [7, 11) is 1.65. The number of nitrogens with zero attached hydrogens (tertiary/aromatic N) is 4. The van der Waals surface area contributed by atoms with Crippen LogP contribution in [0.15, 0.2) is 23.0 Å². The largest absolute Gasteiger partial charge is 0.496 e. The Hall–Kier alpha value is -2.91. The molecule has 3 aliphatic rings. The molecule has 9 nitrogen and oxygen atoms in total. The number of fused-ring (bicyclic) bond motifs is 1. The molecule has 6 rings (SSSR count). The van der Waals surface area contributed by atoms with Crippen molar-refractivity contribution in [2.45, 2.75) is 63.7 Å². The molecule has 1 N–H and O–H groups in total. The number of H-pyrrole nitrogens is 1. The first-order valence-corrected chi connectivity index (χ1v) is 12.8. The van der Waals surface area contributed by atoms with Crippen LogP contribution in [0.1, 0.15) is 56.7 Å². The first kappa shape index (κ1) is 22.5. The maximum atomic E-state index is 13.3. The van der Waals surface area contributed by atoms with Crippen LogP contribution in [0.25, 0.3) is 22.4 Å². The molecule has 0 radical (unpaired) electrons. The summed E-state index contributed by atoms with van der Waals surface area (Å²) in [5, 5.41) is 4.73. The van der Waals surface area contributed by atoms with Crippen LogP contribution < -0.4 is 15.2 Å². The fourth-order valence-corrected chi connectivity index (χ4v) is 5.87. The number of piperidine rings is 1. The SMILES string of the molecule is COc1cc(N2CCC3(CC2)OCCO3)ccc1-c1nc2c(C)nn(C3CCCCC3)c2c(=O)[nH]1. The Kier molecular flexibility index (Phi) is 5.76. The summed E-state index contributed by atoms with van der Waals surface area (Å²) in [4.78, 5) is 23.4. The van der Waals surface area contributed by atoms with E-state index in [0.29, 0.717) is 35.8 Å². The van der Waals surface area contributed by atoms with Gasteiger partial charge < -0.3 is 24.1 Å². The third-order valence-electron chi connectivity index (χ3n) is 7.79. The van der Waals surface area contributed by atoms with E-state index in [-0.39, 0.29) is 11.6 Å². The van der Waals surface area contributed by atoms with Gasteiger partial charge >= 0.3 is 0 Å². The number of hydrogen-bond acceptors (Lipinski definition) is 7. The molecule has 35 heavy (non-hydrogen) atoms. The van der Waals surface area contributed by atoms with Gasteiger partial charge in [0.2, 0.25) is 0 Å². The molecule has 1 aromatic carbocycles. The smallest absolute Gasteiger partial charge is 0.277 e. The molecule has 1 saturated carbocycles. The van der Waals surface area contributed by atoms with Crippen molar-refractivity contribution in [2.75, 3.05) is 38.3 Å². The zero-order valence-electron chi connectivity index (χ0n) is 20.5. The van der Waals surface area contributed by atoms with Crippen molar-refractivity contribution in [1.29, 1.82) is 0 Å². The Morgan fingerprint density at radius 2 is 1.86 bits per heavy atom. The van der Waals surface area contributed by atoms with E-state index in [9.17, 15) is 4.79 Å². The Morgan fingerprint density at radius 3 is 2.57 bits per heavy atom. The van der Waals surface area contributed by atoms with Crippen LogP contribution in [0.2, 0.25) is 0 Å². The second kappa shape index (κ2) is 8.95. The van der Waals surface area contributed by atoms with Crippen LogP contribution in [0, 0.1) is 6.92 Å². The molecule has 186 valence electrons. The maximum Gasteiger partial charge on any atom is 0.277 e. The zero-order valence-corrected chi connectivity index (χ0v) is 20.5. The van der Waals surface area contributed by atoms with E-state index in [1.165, 1.54) is 19.3 Å². The van der Waals surface area contributed by atoms with Gasteiger partial charge in [0.25, 0.3) is 5.56 Å². The number of anilines is 1. The molecule has 1 aliphatic carbocycles. The zero-order chi connectivity index (χ0) is 24.0. The number of methoxy groups -OCH3 is 1. The van der Waals surface area contributed by atoms with Crippen molar-refractivity contribution in [3.05, 3.63) is 34.2 Å². The second-order valence-electron chi connectivity index (χ2n) is 9.91. The minimum absolute atomic E-state index is 0.153. The topological polar surface area (TPSA) is 94.5 Å². The third kappa shape index (κ3) is 4.00. The Morgan fingerprint density at radius 1 is 1.11 bits per heavy atom. The molecule has 0 atom stereocenters. The average molecular weight is 480 g/mol. The highest BCUT2D eigenvalue weighted by Gasteiger charge is 2.40. The van der Waals surface area contributed by atoms with Crippen LogP contribution in [-0.4, -0.2) is 58.9 Å². The van der Waals surface area contributed by atoms with E-state index in [2.05, 4.69) is 16.0 Å². The van der Waals surface area contributed by atoms with Gasteiger partial charge in [-0.25, -0.2) is 4.98 Å². The monoisotopic (exact) mass is 479 g/mol. The molecule has 2 aliphatic heterocycles.